The van der Waals surface area contributed by atoms with Crippen LogP contribution in [0.4, 0.5) is 5.13 Å². The number of nitrogens with zero attached hydrogens (tertiary/aromatic N) is 3. The number of thiazole rings is 1. The van der Waals surface area contributed by atoms with Gasteiger partial charge in [-0.2, -0.15) is 0 Å². The van der Waals surface area contributed by atoms with Gasteiger partial charge in [-0.05, 0) is 26.0 Å². The van der Waals surface area contributed by atoms with Crippen LogP contribution in [0.25, 0.3) is 0 Å². The van der Waals surface area contributed by atoms with Crippen LogP contribution in [0.3, 0.4) is 0 Å². The number of nitrogen functional groups attached to an aromatic ring is 1. The highest BCUT2D eigenvalue weighted by atomic mass is 32.1. The number of pyridine rings is 1. The van der Waals surface area contributed by atoms with Crippen molar-refractivity contribution in [3.8, 4) is 0 Å². The number of aromatic nitrogens is 2. The SMILES string of the molecule is CCN(Cc1cccc(C)n1)C(=O)c1csc(N)n1. The first kappa shape index (κ1) is 13.5. The standard InChI is InChI=1S/C13H16N4OS/c1-3-17(7-10-6-4-5-9(2)15-10)12(18)11-8-19-13(14)16-11/h4-6,8H,3,7H2,1-2H3,(H2,14,16). The summed E-state index contributed by atoms with van der Waals surface area (Å²) in [5.74, 6) is -0.112. The van der Waals surface area contributed by atoms with Crippen LogP contribution in [0.15, 0.2) is 23.6 Å². The summed E-state index contributed by atoms with van der Waals surface area (Å²) in [6.45, 7) is 4.95. The number of carbonyl (C=O) groups excluding carboxylic acids is 1. The fourth-order valence-electron chi connectivity index (χ4n) is 1.76. The Morgan fingerprint density at radius 3 is 2.79 bits per heavy atom. The maximum atomic E-state index is 12.3. The highest BCUT2D eigenvalue weighted by molar-refractivity contribution is 7.13. The van der Waals surface area contributed by atoms with Crippen LogP contribution in [0.5, 0.6) is 0 Å². The first-order valence-electron chi connectivity index (χ1n) is 6.03. The molecule has 19 heavy (non-hydrogen) atoms. The number of aryl methyl sites for hydroxylation is 1. The van der Waals surface area contributed by atoms with Gasteiger partial charge < -0.3 is 10.6 Å². The summed E-state index contributed by atoms with van der Waals surface area (Å²) < 4.78 is 0. The Morgan fingerprint density at radius 2 is 2.21 bits per heavy atom. The lowest BCUT2D eigenvalue weighted by Gasteiger charge is -2.19. The van der Waals surface area contributed by atoms with Crippen LogP contribution in [0, 0.1) is 6.92 Å². The number of anilines is 1. The molecule has 5 nitrogen and oxygen atoms in total. The Morgan fingerprint density at radius 1 is 1.42 bits per heavy atom. The summed E-state index contributed by atoms with van der Waals surface area (Å²) in [6.07, 6.45) is 0. The maximum Gasteiger partial charge on any atom is 0.273 e. The van der Waals surface area contributed by atoms with Crippen molar-refractivity contribution in [3.63, 3.8) is 0 Å². The van der Waals surface area contributed by atoms with E-state index in [-0.39, 0.29) is 5.91 Å². The molecule has 2 rings (SSSR count). The summed E-state index contributed by atoms with van der Waals surface area (Å²) in [5.41, 5.74) is 7.77. The zero-order chi connectivity index (χ0) is 13.8. The van der Waals surface area contributed by atoms with Crippen molar-refractivity contribution < 1.29 is 4.79 Å². The molecule has 100 valence electrons. The minimum absolute atomic E-state index is 0.112. The minimum Gasteiger partial charge on any atom is -0.375 e. The summed E-state index contributed by atoms with van der Waals surface area (Å²) in [5, 5.41) is 2.09. The highest BCUT2D eigenvalue weighted by Gasteiger charge is 2.17. The van der Waals surface area contributed by atoms with Crippen LogP contribution >= 0.6 is 11.3 Å². The largest absolute Gasteiger partial charge is 0.375 e. The van der Waals surface area contributed by atoms with E-state index in [1.54, 1.807) is 10.3 Å². The predicted molar refractivity (Wildman–Crippen MR) is 75.9 cm³/mol. The van der Waals surface area contributed by atoms with Crippen molar-refractivity contribution in [2.75, 3.05) is 12.3 Å². The number of nitrogens with two attached hydrogens (primary N) is 1. The molecule has 0 unspecified atom stereocenters. The van der Waals surface area contributed by atoms with Crippen molar-refractivity contribution >= 4 is 22.4 Å². The molecule has 0 saturated carbocycles. The molecule has 1 amide bonds. The molecular formula is C13H16N4OS. The van der Waals surface area contributed by atoms with E-state index < -0.39 is 0 Å². The lowest BCUT2D eigenvalue weighted by Crippen LogP contribution is -2.31. The lowest BCUT2D eigenvalue weighted by atomic mass is 10.3. The first-order valence-corrected chi connectivity index (χ1v) is 6.91. The highest BCUT2D eigenvalue weighted by Crippen LogP contribution is 2.14. The third-order valence-corrected chi connectivity index (χ3v) is 3.38. The van der Waals surface area contributed by atoms with Gasteiger partial charge in [0.1, 0.15) is 5.69 Å². The van der Waals surface area contributed by atoms with E-state index in [2.05, 4.69) is 9.97 Å². The van der Waals surface area contributed by atoms with Gasteiger partial charge in [-0.25, -0.2) is 4.98 Å². The van der Waals surface area contributed by atoms with Gasteiger partial charge in [0.2, 0.25) is 0 Å². The Kier molecular flexibility index (Phi) is 4.11. The molecule has 2 aromatic heterocycles. The Balaban J connectivity index is 2.14. The van der Waals surface area contributed by atoms with E-state index in [0.717, 1.165) is 11.4 Å². The quantitative estimate of drug-likeness (QED) is 0.928. The number of hydrogen-bond acceptors (Lipinski definition) is 5. The average Bonchev–Trinajstić information content (AvgIpc) is 2.82. The van der Waals surface area contributed by atoms with Gasteiger partial charge in [0.05, 0.1) is 12.2 Å². The third kappa shape index (κ3) is 3.29. The van der Waals surface area contributed by atoms with E-state index in [4.69, 9.17) is 5.73 Å². The zero-order valence-corrected chi connectivity index (χ0v) is 11.8. The molecule has 2 N–H and O–H groups in total. The molecule has 6 heteroatoms. The summed E-state index contributed by atoms with van der Waals surface area (Å²) in [6, 6.07) is 5.79. The van der Waals surface area contributed by atoms with Crippen molar-refractivity contribution in [2.45, 2.75) is 20.4 Å². The minimum atomic E-state index is -0.112. The monoisotopic (exact) mass is 276 g/mol. The van der Waals surface area contributed by atoms with Gasteiger partial charge in [0.25, 0.3) is 5.91 Å². The Bertz CT molecular complexity index is 582. The van der Waals surface area contributed by atoms with E-state index in [0.29, 0.717) is 23.9 Å². The average molecular weight is 276 g/mol. The molecule has 0 aliphatic heterocycles. The molecule has 0 aliphatic carbocycles. The van der Waals surface area contributed by atoms with Crippen LogP contribution in [-0.4, -0.2) is 27.3 Å². The van der Waals surface area contributed by atoms with Crippen LogP contribution in [0.1, 0.15) is 28.8 Å². The van der Waals surface area contributed by atoms with Gasteiger partial charge in [-0.1, -0.05) is 6.07 Å². The van der Waals surface area contributed by atoms with Crippen LogP contribution in [-0.2, 0) is 6.54 Å². The van der Waals surface area contributed by atoms with E-state index in [9.17, 15) is 4.79 Å². The number of rotatable bonds is 4. The molecule has 0 radical (unpaired) electrons. The fraction of sp³-hybridized carbons (Fsp3) is 0.308. The molecule has 0 atom stereocenters. The van der Waals surface area contributed by atoms with Crippen molar-refractivity contribution in [3.05, 3.63) is 40.7 Å². The normalized spacial score (nSPS) is 10.4. The molecule has 0 saturated heterocycles. The van der Waals surface area contributed by atoms with Gasteiger partial charge in [-0.15, -0.1) is 11.3 Å². The van der Waals surface area contributed by atoms with Crippen molar-refractivity contribution in [1.29, 1.82) is 0 Å². The Labute approximate surface area is 116 Å². The molecule has 0 aliphatic rings. The topological polar surface area (TPSA) is 72.1 Å². The summed E-state index contributed by atoms with van der Waals surface area (Å²) in [7, 11) is 0. The van der Waals surface area contributed by atoms with Crippen LogP contribution in [0.2, 0.25) is 0 Å². The number of hydrogen-bond donors (Lipinski definition) is 1. The number of carbonyl (C=O) groups is 1. The molecule has 2 aromatic rings. The van der Waals surface area contributed by atoms with Gasteiger partial charge in [0.15, 0.2) is 5.13 Å². The molecule has 2 heterocycles. The van der Waals surface area contributed by atoms with Gasteiger partial charge in [-0.3, -0.25) is 9.78 Å². The maximum absolute atomic E-state index is 12.3. The van der Waals surface area contributed by atoms with E-state index in [1.807, 2.05) is 32.0 Å². The van der Waals surface area contributed by atoms with E-state index in [1.165, 1.54) is 11.3 Å². The van der Waals surface area contributed by atoms with Crippen molar-refractivity contribution in [2.24, 2.45) is 0 Å². The number of amides is 1. The second-order valence-electron chi connectivity index (χ2n) is 4.16. The van der Waals surface area contributed by atoms with Gasteiger partial charge in [0, 0.05) is 17.6 Å². The fourth-order valence-corrected chi connectivity index (χ4v) is 2.30. The predicted octanol–water partition coefficient (Wildman–Crippen LogP) is 2.09. The molecular weight excluding hydrogens is 260 g/mol. The van der Waals surface area contributed by atoms with Crippen molar-refractivity contribution in [1.82, 2.24) is 14.9 Å². The molecule has 0 spiro atoms. The second kappa shape index (κ2) is 5.79. The van der Waals surface area contributed by atoms with Gasteiger partial charge >= 0.3 is 0 Å². The summed E-state index contributed by atoms with van der Waals surface area (Å²) >= 11 is 1.27. The zero-order valence-electron chi connectivity index (χ0n) is 11.0. The molecule has 0 bridgehead atoms. The summed E-state index contributed by atoms with van der Waals surface area (Å²) in [4.78, 5) is 22.4. The first-order chi connectivity index (χ1) is 9.10. The third-order valence-electron chi connectivity index (χ3n) is 2.71. The second-order valence-corrected chi connectivity index (χ2v) is 5.05. The molecule has 0 aromatic carbocycles. The smallest absolute Gasteiger partial charge is 0.273 e. The lowest BCUT2D eigenvalue weighted by molar-refractivity contribution is 0.0745. The van der Waals surface area contributed by atoms with Crippen LogP contribution < -0.4 is 5.73 Å². The van der Waals surface area contributed by atoms with E-state index >= 15 is 0 Å². The Hall–Kier alpha value is -1.95. The molecule has 0 fully saturated rings.